The molecule has 2 aliphatic rings. The van der Waals surface area contributed by atoms with Crippen LogP contribution in [0.5, 0.6) is 28.7 Å². The number of fused-ring (bicyclic) bond motifs is 1. The van der Waals surface area contributed by atoms with Gasteiger partial charge in [0.05, 0.1) is 27.4 Å². The number of phenols is 1. The molecule has 3 heterocycles. The van der Waals surface area contributed by atoms with E-state index in [2.05, 4.69) is 0 Å². The van der Waals surface area contributed by atoms with Crippen LogP contribution in [0.3, 0.4) is 0 Å². The van der Waals surface area contributed by atoms with Crippen LogP contribution < -0.4 is 24.4 Å². The van der Waals surface area contributed by atoms with Crippen molar-refractivity contribution in [2.75, 3.05) is 27.4 Å². The SMILES string of the molecule is COc1cc(O)c2c(=O)c(O[C@@H]3O[C@@H](CO)[C@H](O)[C@H](O)[C@@H]3O)c(-c3ccc(O[C@@H]4O[C@H](CO)[C@@H](O)[C@@H](O)[C@H]4O)c(OC)c3)oc2c1. The highest BCUT2D eigenvalue weighted by molar-refractivity contribution is 5.88. The number of aromatic hydroxyl groups is 1. The van der Waals surface area contributed by atoms with Crippen LogP contribution in [0.2, 0.25) is 0 Å². The third-order valence-electron chi connectivity index (χ3n) is 7.74. The Labute approximate surface area is 259 Å². The summed E-state index contributed by atoms with van der Waals surface area (Å²) in [5.74, 6) is -1.36. The number of phenolic OH excluding ortho intramolecular Hbond substituents is 1. The normalized spacial score (nSPS) is 31.4. The van der Waals surface area contributed by atoms with Crippen LogP contribution in [-0.4, -0.2) is 135 Å². The van der Waals surface area contributed by atoms with Gasteiger partial charge in [0.25, 0.3) is 0 Å². The van der Waals surface area contributed by atoms with E-state index in [-0.39, 0.29) is 39.5 Å². The number of hydrogen-bond acceptors (Lipinski definition) is 17. The molecular weight excluding hydrogens is 620 g/mol. The van der Waals surface area contributed by atoms with Crippen LogP contribution in [0.25, 0.3) is 22.3 Å². The highest BCUT2D eigenvalue weighted by Gasteiger charge is 2.46. The van der Waals surface area contributed by atoms with E-state index in [1.807, 2.05) is 0 Å². The Morgan fingerprint density at radius 3 is 1.85 bits per heavy atom. The Morgan fingerprint density at radius 1 is 0.717 bits per heavy atom. The molecule has 2 saturated heterocycles. The maximum atomic E-state index is 13.8. The summed E-state index contributed by atoms with van der Waals surface area (Å²) < 4.78 is 38.8. The van der Waals surface area contributed by atoms with Crippen molar-refractivity contribution in [3.8, 4) is 40.1 Å². The van der Waals surface area contributed by atoms with Crippen molar-refractivity contribution in [1.82, 2.24) is 0 Å². The molecular formula is C29H34O17. The van der Waals surface area contributed by atoms with E-state index in [9.17, 15) is 50.8 Å². The van der Waals surface area contributed by atoms with Gasteiger partial charge in [-0.25, -0.2) is 0 Å². The monoisotopic (exact) mass is 654 g/mol. The third kappa shape index (κ3) is 6.05. The summed E-state index contributed by atoms with van der Waals surface area (Å²) in [4.78, 5) is 13.8. The molecule has 2 aliphatic heterocycles. The quantitative estimate of drug-likeness (QED) is 0.116. The van der Waals surface area contributed by atoms with E-state index in [1.54, 1.807) is 0 Å². The van der Waals surface area contributed by atoms with Crippen molar-refractivity contribution < 1.29 is 78.8 Å². The number of benzene rings is 2. The minimum absolute atomic E-state index is 0.0236. The molecule has 0 saturated carbocycles. The molecule has 5 rings (SSSR count). The highest BCUT2D eigenvalue weighted by atomic mass is 16.7. The van der Waals surface area contributed by atoms with Crippen molar-refractivity contribution in [2.24, 2.45) is 0 Å². The van der Waals surface area contributed by atoms with Crippen LogP contribution in [0.4, 0.5) is 0 Å². The van der Waals surface area contributed by atoms with Crippen molar-refractivity contribution >= 4 is 11.0 Å². The third-order valence-corrected chi connectivity index (χ3v) is 7.74. The lowest BCUT2D eigenvalue weighted by molar-refractivity contribution is -0.277. The van der Waals surface area contributed by atoms with Crippen molar-refractivity contribution in [1.29, 1.82) is 0 Å². The minimum Gasteiger partial charge on any atom is -0.507 e. The maximum Gasteiger partial charge on any atom is 0.239 e. The first-order valence-electron chi connectivity index (χ1n) is 13.9. The zero-order valence-electron chi connectivity index (χ0n) is 24.4. The second kappa shape index (κ2) is 13.5. The van der Waals surface area contributed by atoms with Gasteiger partial charge < -0.3 is 78.8 Å². The average molecular weight is 655 g/mol. The molecule has 1 aromatic heterocycles. The van der Waals surface area contributed by atoms with E-state index in [4.69, 9.17) is 32.8 Å². The zero-order chi connectivity index (χ0) is 33.4. The molecule has 46 heavy (non-hydrogen) atoms. The molecule has 252 valence electrons. The average Bonchev–Trinajstić information content (AvgIpc) is 3.05. The number of rotatable bonds is 9. The van der Waals surface area contributed by atoms with E-state index in [0.717, 1.165) is 6.07 Å². The van der Waals surface area contributed by atoms with Crippen molar-refractivity contribution in [3.05, 3.63) is 40.6 Å². The molecule has 3 aromatic rings. The summed E-state index contributed by atoms with van der Waals surface area (Å²) in [6.07, 6.45) is -16.4. The lowest BCUT2D eigenvalue weighted by Gasteiger charge is -2.39. The van der Waals surface area contributed by atoms with Gasteiger partial charge in [0.15, 0.2) is 17.3 Å². The lowest BCUT2D eigenvalue weighted by atomic mass is 9.99. The Balaban J connectivity index is 1.59. The van der Waals surface area contributed by atoms with Gasteiger partial charge in [0, 0.05) is 17.7 Å². The minimum atomic E-state index is -1.89. The number of aliphatic hydroxyl groups excluding tert-OH is 8. The second-order valence-electron chi connectivity index (χ2n) is 10.6. The fraction of sp³-hybridized carbons (Fsp3) is 0.483. The van der Waals surface area contributed by atoms with Gasteiger partial charge in [-0.2, -0.15) is 0 Å². The molecule has 17 nitrogen and oxygen atoms in total. The highest BCUT2D eigenvalue weighted by Crippen LogP contribution is 2.41. The van der Waals surface area contributed by atoms with Gasteiger partial charge in [-0.05, 0) is 18.2 Å². The lowest BCUT2D eigenvalue weighted by Crippen LogP contribution is -2.60. The predicted molar refractivity (Wildman–Crippen MR) is 151 cm³/mol. The summed E-state index contributed by atoms with van der Waals surface area (Å²) >= 11 is 0. The van der Waals surface area contributed by atoms with E-state index in [0.29, 0.717) is 0 Å². The van der Waals surface area contributed by atoms with Gasteiger partial charge in [0.1, 0.15) is 71.3 Å². The van der Waals surface area contributed by atoms with Crippen LogP contribution in [0.1, 0.15) is 0 Å². The summed E-state index contributed by atoms with van der Waals surface area (Å²) in [7, 11) is 2.60. The summed E-state index contributed by atoms with van der Waals surface area (Å²) in [5, 5.41) is 91.0. The molecule has 10 atom stereocenters. The van der Waals surface area contributed by atoms with E-state index < -0.39 is 91.6 Å². The number of aliphatic hydroxyl groups is 8. The molecule has 17 heteroatoms. The topological polar surface area (TPSA) is 268 Å². The molecule has 0 spiro atoms. The molecule has 2 fully saturated rings. The molecule has 0 radical (unpaired) electrons. The molecule has 0 bridgehead atoms. The summed E-state index contributed by atoms with van der Waals surface area (Å²) in [6.45, 7) is -1.45. The Hall–Kier alpha value is -3.75. The first-order chi connectivity index (χ1) is 21.9. The number of hydrogen-bond donors (Lipinski definition) is 9. The molecule has 2 aromatic carbocycles. The number of ether oxygens (including phenoxy) is 6. The Morgan fingerprint density at radius 2 is 1.30 bits per heavy atom. The Kier molecular flexibility index (Phi) is 9.89. The van der Waals surface area contributed by atoms with Crippen molar-refractivity contribution in [3.63, 3.8) is 0 Å². The van der Waals surface area contributed by atoms with E-state index in [1.165, 1.54) is 38.5 Å². The van der Waals surface area contributed by atoms with Crippen LogP contribution in [0, 0.1) is 0 Å². The molecule has 0 aliphatic carbocycles. The fourth-order valence-corrected chi connectivity index (χ4v) is 5.15. The van der Waals surface area contributed by atoms with Crippen LogP contribution in [0.15, 0.2) is 39.5 Å². The van der Waals surface area contributed by atoms with Crippen LogP contribution >= 0.6 is 0 Å². The van der Waals surface area contributed by atoms with Gasteiger partial charge >= 0.3 is 0 Å². The number of methoxy groups -OCH3 is 2. The smallest absolute Gasteiger partial charge is 0.239 e. The Bertz CT molecular complexity index is 1590. The summed E-state index contributed by atoms with van der Waals surface area (Å²) in [6, 6.07) is 6.49. The largest absolute Gasteiger partial charge is 0.507 e. The predicted octanol–water partition coefficient (Wildman–Crippen LogP) is -2.46. The standard InChI is InChI=1S/C29H34O17/c1-40-11-6-12(32)18-15(7-11)42-26(27(21(18)35)46-29-25(39)23(37)20(34)17(9-31)45-29)10-3-4-13(14(5-10)41-2)43-28-24(38)22(36)19(33)16(8-30)44-28/h3-7,16-17,19-20,22-25,28-34,36-39H,8-9H2,1-2H3/t16-,17+,19-,20+,22-,23+,24-,25+,28-,29+/m1/s1. The first kappa shape index (κ1) is 33.6. The van der Waals surface area contributed by atoms with Crippen LogP contribution in [-0.2, 0) is 9.47 Å². The molecule has 9 N–H and O–H groups in total. The van der Waals surface area contributed by atoms with Gasteiger partial charge in [-0.1, -0.05) is 0 Å². The summed E-state index contributed by atoms with van der Waals surface area (Å²) in [5.41, 5.74) is -0.980. The first-order valence-corrected chi connectivity index (χ1v) is 13.9. The second-order valence-corrected chi connectivity index (χ2v) is 10.6. The maximum absolute atomic E-state index is 13.8. The van der Waals surface area contributed by atoms with Gasteiger partial charge in [-0.3, -0.25) is 4.79 Å². The zero-order valence-corrected chi connectivity index (χ0v) is 24.4. The molecule has 0 unspecified atom stereocenters. The van der Waals surface area contributed by atoms with Crippen molar-refractivity contribution in [2.45, 2.75) is 61.4 Å². The fourth-order valence-electron chi connectivity index (χ4n) is 5.15. The van der Waals surface area contributed by atoms with E-state index >= 15 is 0 Å². The van der Waals surface area contributed by atoms with Gasteiger partial charge in [0.2, 0.25) is 23.8 Å². The van der Waals surface area contributed by atoms with Gasteiger partial charge in [-0.15, -0.1) is 0 Å². The molecule has 0 amide bonds.